The first-order valence-corrected chi connectivity index (χ1v) is 14.1. The summed E-state index contributed by atoms with van der Waals surface area (Å²) in [7, 11) is 4.90. The van der Waals surface area contributed by atoms with Crippen LogP contribution in [0, 0.1) is 0 Å². The summed E-state index contributed by atoms with van der Waals surface area (Å²) >= 11 is 0. The summed E-state index contributed by atoms with van der Waals surface area (Å²) in [6, 6.07) is 35.2. The SMILES string of the molecule is COc1cc(C(c2ccccc2)N2CCN(C(=O)CC(c3ccccc3)c3ccccc3)CC2)cc(OC)c1OC. The lowest BCUT2D eigenvalue weighted by molar-refractivity contribution is -0.133. The van der Waals surface area contributed by atoms with Crippen LogP contribution in [0.4, 0.5) is 0 Å². The van der Waals surface area contributed by atoms with Gasteiger partial charge in [-0.1, -0.05) is 91.0 Å². The van der Waals surface area contributed by atoms with Gasteiger partial charge in [0.05, 0.1) is 27.4 Å². The molecule has 0 aliphatic carbocycles. The zero-order valence-electron chi connectivity index (χ0n) is 24.0. The normalized spacial score (nSPS) is 14.5. The van der Waals surface area contributed by atoms with Crippen LogP contribution < -0.4 is 14.2 Å². The fourth-order valence-electron chi connectivity index (χ4n) is 5.84. The zero-order chi connectivity index (χ0) is 28.6. The number of hydrogen-bond donors (Lipinski definition) is 0. The molecule has 0 bridgehead atoms. The molecule has 212 valence electrons. The number of piperazine rings is 1. The Balaban J connectivity index is 1.36. The molecular weight excluding hydrogens is 512 g/mol. The van der Waals surface area contributed by atoms with E-state index in [4.69, 9.17) is 14.2 Å². The lowest BCUT2D eigenvalue weighted by atomic mass is 9.88. The summed E-state index contributed by atoms with van der Waals surface area (Å²) in [6.45, 7) is 2.85. The quantitative estimate of drug-likeness (QED) is 0.236. The van der Waals surface area contributed by atoms with Crippen molar-refractivity contribution < 1.29 is 19.0 Å². The van der Waals surface area contributed by atoms with Crippen molar-refractivity contribution >= 4 is 5.91 Å². The van der Waals surface area contributed by atoms with E-state index in [0.29, 0.717) is 36.8 Å². The number of nitrogens with zero attached hydrogens (tertiary/aromatic N) is 2. The molecule has 1 amide bonds. The Kier molecular flexibility index (Phi) is 9.22. The van der Waals surface area contributed by atoms with E-state index in [2.05, 4.69) is 53.4 Å². The molecule has 1 aliphatic rings. The predicted octanol–water partition coefficient (Wildman–Crippen LogP) is 6.17. The van der Waals surface area contributed by atoms with Crippen LogP contribution >= 0.6 is 0 Å². The fourth-order valence-corrected chi connectivity index (χ4v) is 5.84. The van der Waals surface area contributed by atoms with Crippen molar-refractivity contribution in [2.24, 2.45) is 0 Å². The first-order chi connectivity index (χ1) is 20.1. The minimum absolute atomic E-state index is 0.0245. The second-order valence-corrected chi connectivity index (χ2v) is 10.3. The van der Waals surface area contributed by atoms with Gasteiger partial charge in [0.25, 0.3) is 0 Å². The Morgan fingerprint density at radius 3 is 1.54 bits per heavy atom. The molecule has 5 rings (SSSR count). The fraction of sp³-hybridized carbons (Fsp3) is 0.286. The van der Waals surface area contributed by atoms with Gasteiger partial charge in [-0.3, -0.25) is 9.69 Å². The number of benzene rings is 4. The molecular formula is C35H38N2O4. The van der Waals surface area contributed by atoms with E-state index in [1.54, 1.807) is 21.3 Å². The van der Waals surface area contributed by atoms with Crippen molar-refractivity contribution in [3.05, 3.63) is 125 Å². The summed E-state index contributed by atoms with van der Waals surface area (Å²) in [5, 5.41) is 0. The van der Waals surface area contributed by atoms with E-state index in [0.717, 1.165) is 29.8 Å². The number of hydrogen-bond acceptors (Lipinski definition) is 5. The number of carbonyl (C=O) groups excluding carboxylic acids is 1. The molecule has 0 radical (unpaired) electrons. The van der Waals surface area contributed by atoms with Gasteiger partial charge in [0.15, 0.2) is 11.5 Å². The van der Waals surface area contributed by atoms with Crippen LogP contribution in [0.1, 0.15) is 40.6 Å². The lowest BCUT2D eigenvalue weighted by Gasteiger charge is -2.40. The smallest absolute Gasteiger partial charge is 0.223 e. The van der Waals surface area contributed by atoms with Gasteiger partial charge in [0.1, 0.15) is 0 Å². The third-order valence-corrected chi connectivity index (χ3v) is 7.93. The molecule has 0 aromatic heterocycles. The Bertz CT molecular complexity index is 1340. The first-order valence-electron chi connectivity index (χ1n) is 14.1. The van der Waals surface area contributed by atoms with Crippen molar-refractivity contribution in [2.45, 2.75) is 18.4 Å². The van der Waals surface area contributed by atoms with Crippen LogP contribution in [0.15, 0.2) is 103 Å². The molecule has 4 aromatic carbocycles. The molecule has 41 heavy (non-hydrogen) atoms. The Hall–Kier alpha value is -4.29. The summed E-state index contributed by atoms with van der Waals surface area (Å²) in [4.78, 5) is 18.1. The lowest BCUT2D eigenvalue weighted by Crippen LogP contribution is -2.50. The van der Waals surface area contributed by atoms with E-state index < -0.39 is 0 Å². The van der Waals surface area contributed by atoms with E-state index in [9.17, 15) is 4.79 Å². The van der Waals surface area contributed by atoms with E-state index in [-0.39, 0.29) is 17.9 Å². The number of rotatable bonds is 10. The largest absolute Gasteiger partial charge is 0.493 e. The Labute approximate surface area is 243 Å². The van der Waals surface area contributed by atoms with Gasteiger partial charge in [0.2, 0.25) is 11.7 Å². The van der Waals surface area contributed by atoms with Crippen LogP contribution in [0.25, 0.3) is 0 Å². The average molecular weight is 551 g/mol. The molecule has 1 fully saturated rings. The zero-order valence-corrected chi connectivity index (χ0v) is 24.0. The molecule has 1 aliphatic heterocycles. The van der Waals surface area contributed by atoms with Crippen molar-refractivity contribution in [1.29, 1.82) is 0 Å². The first kappa shape index (κ1) is 28.2. The summed E-state index contributed by atoms with van der Waals surface area (Å²) in [5.41, 5.74) is 4.56. The predicted molar refractivity (Wildman–Crippen MR) is 162 cm³/mol. The highest BCUT2D eigenvalue weighted by Gasteiger charge is 2.31. The van der Waals surface area contributed by atoms with Gasteiger partial charge >= 0.3 is 0 Å². The molecule has 0 spiro atoms. The maximum Gasteiger partial charge on any atom is 0.223 e. The number of methoxy groups -OCH3 is 3. The highest BCUT2D eigenvalue weighted by atomic mass is 16.5. The van der Waals surface area contributed by atoms with E-state index >= 15 is 0 Å². The molecule has 1 unspecified atom stereocenters. The maximum atomic E-state index is 13.7. The number of carbonyl (C=O) groups is 1. The highest BCUT2D eigenvalue weighted by Crippen LogP contribution is 2.42. The minimum atomic E-state index is -0.0245. The topological polar surface area (TPSA) is 51.2 Å². The minimum Gasteiger partial charge on any atom is -0.493 e. The molecule has 4 aromatic rings. The van der Waals surface area contributed by atoms with Crippen molar-refractivity contribution in [2.75, 3.05) is 47.5 Å². The standard InChI is InChI=1S/C35H38N2O4/c1-39-31-23-29(24-32(40-2)35(31)41-3)34(28-17-11-6-12-18-28)37-21-19-36(20-22-37)33(38)25-30(26-13-7-4-8-14-26)27-15-9-5-10-16-27/h4-18,23-24,30,34H,19-22,25H2,1-3H3. The van der Waals surface area contributed by atoms with Crippen molar-refractivity contribution in [3.63, 3.8) is 0 Å². The summed E-state index contributed by atoms with van der Waals surface area (Å²) < 4.78 is 16.9. The van der Waals surface area contributed by atoms with Gasteiger partial charge in [-0.2, -0.15) is 0 Å². The van der Waals surface area contributed by atoms with Gasteiger partial charge in [0, 0.05) is 38.5 Å². The summed E-state index contributed by atoms with van der Waals surface area (Å²) in [5.74, 6) is 2.05. The Morgan fingerprint density at radius 2 is 1.10 bits per heavy atom. The molecule has 1 atom stereocenters. The van der Waals surface area contributed by atoms with Gasteiger partial charge < -0.3 is 19.1 Å². The average Bonchev–Trinajstić information content (AvgIpc) is 3.04. The maximum absolute atomic E-state index is 13.7. The van der Waals surface area contributed by atoms with E-state index in [1.165, 1.54) is 5.56 Å². The summed E-state index contributed by atoms with van der Waals surface area (Å²) in [6.07, 6.45) is 0.447. The monoisotopic (exact) mass is 550 g/mol. The Morgan fingerprint density at radius 1 is 0.634 bits per heavy atom. The third-order valence-electron chi connectivity index (χ3n) is 7.93. The second-order valence-electron chi connectivity index (χ2n) is 10.3. The molecule has 1 heterocycles. The highest BCUT2D eigenvalue weighted by molar-refractivity contribution is 5.78. The molecule has 0 N–H and O–H groups in total. The van der Waals surface area contributed by atoms with Crippen LogP contribution in [-0.4, -0.2) is 63.2 Å². The number of amides is 1. The van der Waals surface area contributed by atoms with Gasteiger partial charge in [-0.25, -0.2) is 0 Å². The molecule has 6 heteroatoms. The van der Waals surface area contributed by atoms with Crippen molar-refractivity contribution in [3.8, 4) is 17.2 Å². The van der Waals surface area contributed by atoms with Crippen molar-refractivity contribution in [1.82, 2.24) is 9.80 Å². The van der Waals surface area contributed by atoms with Crippen LogP contribution in [0.5, 0.6) is 17.2 Å². The number of ether oxygens (including phenoxy) is 3. The van der Waals surface area contributed by atoms with Gasteiger partial charge in [-0.05, 0) is 34.4 Å². The van der Waals surface area contributed by atoms with Crippen LogP contribution in [0.3, 0.4) is 0 Å². The van der Waals surface area contributed by atoms with Crippen LogP contribution in [0.2, 0.25) is 0 Å². The van der Waals surface area contributed by atoms with E-state index in [1.807, 2.05) is 59.5 Å². The molecule has 0 saturated carbocycles. The second kappa shape index (κ2) is 13.4. The van der Waals surface area contributed by atoms with Crippen LogP contribution in [-0.2, 0) is 4.79 Å². The van der Waals surface area contributed by atoms with Gasteiger partial charge in [-0.15, -0.1) is 0 Å². The molecule has 1 saturated heterocycles. The molecule has 6 nitrogen and oxygen atoms in total. The third kappa shape index (κ3) is 6.39.